The SMILES string of the molecule is O=C(NCCO)c1ccc(N2CC(CS(=O)(=O)F)CC2=O)cc1. The number of hydrogen-bond acceptors (Lipinski definition) is 5. The Hall–Kier alpha value is -2.00. The highest BCUT2D eigenvalue weighted by atomic mass is 32.3. The van der Waals surface area contributed by atoms with Crippen LogP contribution in [0.4, 0.5) is 9.57 Å². The molecule has 1 atom stereocenters. The van der Waals surface area contributed by atoms with Crippen molar-refractivity contribution in [3.8, 4) is 0 Å². The number of benzene rings is 1. The number of nitrogens with zero attached hydrogens (tertiary/aromatic N) is 1. The summed E-state index contributed by atoms with van der Waals surface area (Å²) in [6.45, 7) is 0.105. The highest BCUT2D eigenvalue weighted by molar-refractivity contribution is 7.86. The maximum Gasteiger partial charge on any atom is 0.302 e. The molecule has 1 aliphatic rings. The van der Waals surface area contributed by atoms with E-state index in [0.717, 1.165) is 0 Å². The molecule has 9 heteroatoms. The second-order valence-corrected chi connectivity index (χ2v) is 6.72. The number of amides is 2. The number of halogens is 1. The summed E-state index contributed by atoms with van der Waals surface area (Å²) < 4.78 is 34.1. The molecule has 0 spiro atoms. The first kappa shape index (κ1) is 17.4. The van der Waals surface area contributed by atoms with Gasteiger partial charge in [0.1, 0.15) is 0 Å². The van der Waals surface area contributed by atoms with E-state index in [-0.39, 0.29) is 37.9 Å². The summed E-state index contributed by atoms with van der Waals surface area (Å²) in [5, 5.41) is 11.2. The van der Waals surface area contributed by atoms with Crippen LogP contribution in [-0.4, -0.2) is 50.8 Å². The Bertz CT molecular complexity index is 690. The molecule has 126 valence electrons. The molecule has 1 aromatic carbocycles. The molecule has 0 bridgehead atoms. The predicted molar refractivity (Wildman–Crippen MR) is 81.2 cm³/mol. The summed E-state index contributed by atoms with van der Waals surface area (Å²) >= 11 is 0. The van der Waals surface area contributed by atoms with E-state index in [1.165, 1.54) is 17.0 Å². The molecule has 0 aliphatic carbocycles. The van der Waals surface area contributed by atoms with Crippen LogP contribution in [0.25, 0.3) is 0 Å². The highest BCUT2D eigenvalue weighted by Gasteiger charge is 2.33. The van der Waals surface area contributed by atoms with E-state index in [4.69, 9.17) is 5.11 Å². The van der Waals surface area contributed by atoms with Gasteiger partial charge in [-0.05, 0) is 24.3 Å². The molecular formula is C14H17FN2O5S. The third-order valence-electron chi connectivity index (χ3n) is 3.48. The molecule has 1 saturated heterocycles. The quantitative estimate of drug-likeness (QED) is 0.710. The summed E-state index contributed by atoms with van der Waals surface area (Å²) in [5.41, 5.74) is 0.893. The van der Waals surface area contributed by atoms with Crippen LogP contribution in [0.5, 0.6) is 0 Å². The molecule has 7 nitrogen and oxygen atoms in total. The molecule has 0 aromatic heterocycles. The van der Waals surface area contributed by atoms with E-state index in [0.29, 0.717) is 11.3 Å². The Balaban J connectivity index is 2.05. The number of carbonyl (C=O) groups is 2. The van der Waals surface area contributed by atoms with Crippen molar-refractivity contribution in [1.29, 1.82) is 0 Å². The first-order valence-electron chi connectivity index (χ1n) is 7.02. The van der Waals surface area contributed by atoms with Crippen molar-refractivity contribution in [2.45, 2.75) is 6.42 Å². The van der Waals surface area contributed by atoms with Gasteiger partial charge in [0.2, 0.25) is 5.91 Å². The van der Waals surface area contributed by atoms with Gasteiger partial charge in [-0.25, -0.2) is 0 Å². The van der Waals surface area contributed by atoms with E-state index in [2.05, 4.69) is 5.32 Å². The Morgan fingerprint density at radius 1 is 1.35 bits per heavy atom. The molecule has 1 heterocycles. The second-order valence-electron chi connectivity index (χ2n) is 5.31. The summed E-state index contributed by atoms with van der Waals surface area (Å²) in [6.07, 6.45) is -0.0259. The van der Waals surface area contributed by atoms with Crippen LogP contribution in [0.2, 0.25) is 0 Å². The zero-order valence-electron chi connectivity index (χ0n) is 12.2. The Morgan fingerprint density at radius 2 is 2.00 bits per heavy atom. The van der Waals surface area contributed by atoms with E-state index in [9.17, 15) is 21.9 Å². The lowest BCUT2D eigenvalue weighted by molar-refractivity contribution is -0.117. The molecule has 1 unspecified atom stereocenters. The number of nitrogens with one attached hydrogen (secondary N) is 1. The van der Waals surface area contributed by atoms with Crippen molar-refractivity contribution >= 4 is 27.7 Å². The molecule has 23 heavy (non-hydrogen) atoms. The fourth-order valence-electron chi connectivity index (χ4n) is 2.49. The standard InChI is InChI=1S/C14H17FN2O5S/c15-23(21,22)9-10-7-13(19)17(8-10)12-3-1-11(2-4-12)14(20)16-5-6-18/h1-4,10,18H,5-9H2,(H,16,20). The van der Waals surface area contributed by atoms with Gasteiger partial charge in [0.15, 0.2) is 0 Å². The maximum atomic E-state index is 12.7. The number of carbonyl (C=O) groups excluding carboxylic acids is 2. The molecule has 1 aliphatic heterocycles. The monoisotopic (exact) mass is 344 g/mol. The van der Waals surface area contributed by atoms with Crippen molar-refractivity contribution in [3.63, 3.8) is 0 Å². The lowest BCUT2D eigenvalue weighted by Gasteiger charge is -2.17. The van der Waals surface area contributed by atoms with Crippen LogP contribution in [-0.2, 0) is 15.0 Å². The lowest BCUT2D eigenvalue weighted by atomic mass is 10.1. The fourth-order valence-corrected chi connectivity index (χ4v) is 3.27. The van der Waals surface area contributed by atoms with Gasteiger partial charge in [0.05, 0.1) is 12.4 Å². The van der Waals surface area contributed by atoms with Crippen LogP contribution >= 0.6 is 0 Å². The molecule has 2 amide bonds. The maximum absolute atomic E-state index is 12.7. The molecule has 0 saturated carbocycles. The normalized spacial score (nSPS) is 18.3. The van der Waals surface area contributed by atoms with Crippen LogP contribution in [0, 0.1) is 5.92 Å². The van der Waals surface area contributed by atoms with Gasteiger partial charge in [-0.15, -0.1) is 3.89 Å². The summed E-state index contributed by atoms with van der Waals surface area (Å²) in [6, 6.07) is 6.18. The molecule has 1 aromatic rings. The average molecular weight is 344 g/mol. The number of aliphatic hydroxyl groups is 1. The predicted octanol–water partition coefficient (Wildman–Crippen LogP) is 0.0609. The molecule has 2 rings (SSSR count). The van der Waals surface area contributed by atoms with Gasteiger partial charge in [-0.1, -0.05) is 0 Å². The van der Waals surface area contributed by atoms with Gasteiger partial charge >= 0.3 is 10.2 Å². The summed E-state index contributed by atoms with van der Waals surface area (Å²) in [7, 11) is -4.62. The van der Waals surface area contributed by atoms with Crippen LogP contribution in [0.15, 0.2) is 24.3 Å². The van der Waals surface area contributed by atoms with Crippen molar-refractivity contribution in [3.05, 3.63) is 29.8 Å². The van der Waals surface area contributed by atoms with Gasteiger partial charge < -0.3 is 15.3 Å². The number of rotatable bonds is 6. The van der Waals surface area contributed by atoms with Gasteiger partial charge in [-0.3, -0.25) is 9.59 Å². The molecule has 1 fully saturated rings. The Labute approximate surface area is 133 Å². The third-order valence-corrected chi connectivity index (χ3v) is 4.35. The van der Waals surface area contributed by atoms with Crippen molar-refractivity contribution in [1.82, 2.24) is 5.32 Å². The number of hydrogen-bond donors (Lipinski definition) is 2. The second kappa shape index (κ2) is 7.05. The Kier molecular flexibility index (Phi) is 5.32. The number of aliphatic hydroxyl groups excluding tert-OH is 1. The van der Waals surface area contributed by atoms with Crippen molar-refractivity contribution in [2.24, 2.45) is 5.92 Å². The largest absolute Gasteiger partial charge is 0.395 e. The zero-order chi connectivity index (χ0) is 17.0. The van der Waals surface area contributed by atoms with E-state index in [1.54, 1.807) is 12.1 Å². The zero-order valence-corrected chi connectivity index (χ0v) is 13.1. The first-order valence-corrected chi connectivity index (χ1v) is 8.57. The van der Waals surface area contributed by atoms with Crippen LogP contribution < -0.4 is 10.2 Å². The van der Waals surface area contributed by atoms with Crippen molar-refractivity contribution in [2.75, 3.05) is 30.3 Å². The topological polar surface area (TPSA) is 104 Å². The fraction of sp³-hybridized carbons (Fsp3) is 0.429. The summed E-state index contributed by atoms with van der Waals surface area (Å²) in [4.78, 5) is 25.0. The average Bonchev–Trinajstić information content (AvgIpc) is 2.83. The van der Waals surface area contributed by atoms with Gasteiger partial charge in [0.25, 0.3) is 5.91 Å². The first-order chi connectivity index (χ1) is 10.8. The summed E-state index contributed by atoms with van der Waals surface area (Å²) in [5.74, 6) is -1.88. The van der Waals surface area contributed by atoms with Crippen molar-refractivity contribution < 1.29 is 27.0 Å². The third kappa shape index (κ3) is 4.73. The van der Waals surface area contributed by atoms with Crippen LogP contribution in [0.3, 0.4) is 0 Å². The van der Waals surface area contributed by atoms with E-state index < -0.39 is 21.9 Å². The molecular weight excluding hydrogens is 327 g/mol. The number of anilines is 1. The molecule has 0 radical (unpaired) electrons. The van der Waals surface area contributed by atoms with E-state index in [1.807, 2.05) is 0 Å². The molecule has 2 N–H and O–H groups in total. The minimum absolute atomic E-state index is 0.0259. The minimum atomic E-state index is -4.62. The lowest BCUT2D eigenvalue weighted by Crippen LogP contribution is -2.27. The van der Waals surface area contributed by atoms with E-state index >= 15 is 0 Å². The highest BCUT2D eigenvalue weighted by Crippen LogP contribution is 2.26. The smallest absolute Gasteiger partial charge is 0.302 e. The Morgan fingerprint density at radius 3 is 2.57 bits per heavy atom. The van der Waals surface area contributed by atoms with Crippen LogP contribution in [0.1, 0.15) is 16.8 Å². The van der Waals surface area contributed by atoms with Gasteiger partial charge in [0, 0.05) is 36.7 Å². The van der Waals surface area contributed by atoms with Gasteiger partial charge in [-0.2, -0.15) is 8.42 Å². The minimum Gasteiger partial charge on any atom is -0.395 e.